The molecule has 0 amide bonds. The molecule has 0 radical (unpaired) electrons. The van der Waals surface area contributed by atoms with Crippen LogP contribution < -0.4 is 14.8 Å². The van der Waals surface area contributed by atoms with Crippen molar-refractivity contribution in [3.8, 4) is 11.5 Å². The van der Waals surface area contributed by atoms with Crippen LogP contribution in [-0.2, 0) is 14.8 Å². The van der Waals surface area contributed by atoms with Crippen LogP contribution in [0.5, 0.6) is 11.5 Å². The SMILES string of the molecule is [2H]C1([2H])CCC([2H])([2H])N1c1cc(C(=O)OC)cc(S(N)(=O)=O)c1Oc1ccccc1. The monoisotopic (exact) mass is 380 g/mol. The Kier molecular flexibility index (Phi) is 3.84. The summed E-state index contributed by atoms with van der Waals surface area (Å²) in [7, 11) is -3.35. The molecule has 138 valence electrons. The third kappa shape index (κ3) is 3.81. The Labute approximate surface area is 158 Å². The minimum atomic E-state index is -4.45. The number of rotatable bonds is 5. The molecular formula is C18H20N2O5S. The fourth-order valence-electron chi connectivity index (χ4n) is 2.47. The molecule has 0 aromatic heterocycles. The number of hydrogen-bond acceptors (Lipinski definition) is 6. The van der Waals surface area contributed by atoms with E-state index in [1.54, 1.807) is 18.2 Å². The van der Waals surface area contributed by atoms with Crippen molar-refractivity contribution in [1.29, 1.82) is 0 Å². The summed E-state index contributed by atoms with van der Waals surface area (Å²) in [6, 6.07) is 10.2. The molecule has 2 N–H and O–H groups in total. The summed E-state index contributed by atoms with van der Waals surface area (Å²) >= 11 is 0. The molecule has 26 heavy (non-hydrogen) atoms. The molecule has 2 aromatic carbocycles. The van der Waals surface area contributed by atoms with Crippen LogP contribution in [0.1, 0.15) is 28.7 Å². The van der Waals surface area contributed by atoms with Gasteiger partial charge in [0.2, 0.25) is 10.0 Å². The second-order valence-electron chi connectivity index (χ2n) is 5.43. The highest BCUT2D eigenvalue weighted by Crippen LogP contribution is 2.40. The maximum Gasteiger partial charge on any atom is 0.337 e. The van der Waals surface area contributed by atoms with Crippen molar-refractivity contribution < 1.29 is 28.2 Å². The first-order valence-corrected chi connectivity index (χ1v) is 9.24. The Morgan fingerprint density at radius 2 is 1.85 bits per heavy atom. The number of carbonyl (C=O) groups excluding carboxylic acids is 1. The second-order valence-corrected chi connectivity index (χ2v) is 6.96. The minimum absolute atomic E-state index is 0.155. The van der Waals surface area contributed by atoms with Crippen LogP contribution in [0.25, 0.3) is 0 Å². The van der Waals surface area contributed by atoms with Gasteiger partial charge in [-0.1, -0.05) is 18.2 Å². The van der Waals surface area contributed by atoms with Crippen molar-refractivity contribution >= 4 is 21.7 Å². The van der Waals surface area contributed by atoms with E-state index in [9.17, 15) is 13.2 Å². The first-order valence-electron chi connectivity index (χ1n) is 9.69. The van der Waals surface area contributed by atoms with Gasteiger partial charge in [0.25, 0.3) is 0 Å². The van der Waals surface area contributed by atoms with Crippen molar-refractivity contribution in [2.45, 2.75) is 17.7 Å². The Morgan fingerprint density at radius 3 is 2.42 bits per heavy atom. The van der Waals surface area contributed by atoms with Crippen LogP contribution in [0.3, 0.4) is 0 Å². The van der Waals surface area contributed by atoms with Crippen LogP contribution >= 0.6 is 0 Å². The van der Waals surface area contributed by atoms with Gasteiger partial charge in [-0.25, -0.2) is 18.4 Å². The third-order valence-electron chi connectivity index (χ3n) is 3.63. The van der Waals surface area contributed by atoms with Gasteiger partial charge in [0.1, 0.15) is 10.6 Å². The van der Waals surface area contributed by atoms with Gasteiger partial charge in [-0.15, -0.1) is 0 Å². The second kappa shape index (κ2) is 7.35. The zero-order valence-electron chi connectivity index (χ0n) is 17.9. The quantitative estimate of drug-likeness (QED) is 0.800. The predicted molar refractivity (Wildman–Crippen MR) is 97.1 cm³/mol. The van der Waals surface area contributed by atoms with Gasteiger partial charge in [-0.3, -0.25) is 0 Å². The van der Waals surface area contributed by atoms with E-state index in [0.29, 0.717) is 0 Å². The molecule has 1 heterocycles. The van der Waals surface area contributed by atoms with Crippen LogP contribution in [-0.4, -0.2) is 34.5 Å². The van der Waals surface area contributed by atoms with E-state index in [2.05, 4.69) is 4.74 Å². The number of hydrogen-bond donors (Lipinski definition) is 1. The number of primary sulfonamides is 1. The Balaban J connectivity index is 2.36. The van der Waals surface area contributed by atoms with E-state index in [0.717, 1.165) is 24.1 Å². The van der Waals surface area contributed by atoms with Crippen LogP contribution in [0.4, 0.5) is 5.69 Å². The summed E-state index contributed by atoms with van der Waals surface area (Å²) in [5.74, 6) is -1.06. The average molecular weight is 380 g/mol. The van der Waals surface area contributed by atoms with E-state index in [1.807, 2.05) is 0 Å². The van der Waals surface area contributed by atoms with Crippen molar-refractivity contribution in [2.75, 3.05) is 25.0 Å². The smallest absolute Gasteiger partial charge is 0.337 e. The van der Waals surface area contributed by atoms with Crippen molar-refractivity contribution in [3.63, 3.8) is 0 Å². The molecule has 1 aliphatic heterocycles. The number of ether oxygens (including phenoxy) is 2. The number of esters is 1. The molecule has 0 unspecified atom stereocenters. The van der Waals surface area contributed by atoms with Crippen LogP contribution in [0.15, 0.2) is 47.4 Å². The normalized spacial score (nSPS) is 20.5. The zero-order chi connectivity index (χ0) is 22.3. The lowest BCUT2D eigenvalue weighted by molar-refractivity contribution is 0.0600. The molecule has 0 saturated carbocycles. The molecule has 1 fully saturated rings. The van der Waals surface area contributed by atoms with Gasteiger partial charge in [-0.05, 0) is 37.1 Å². The summed E-state index contributed by atoms with van der Waals surface area (Å²) in [4.78, 5) is 12.3. The van der Waals surface area contributed by atoms with Gasteiger partial charge < -0.3 is 14.4 Å². The molecule has 8 heteroatoms. The van der Waals surface area contributed by atoms with Crippen LogP contribution in [0.2, 0.25) is 0 Å². The fourth-order valence-corrected chi connectivity index (χ4v) is 3.17. The first kappa shape index (κ1) is 13.6. The van der Waals surface area contributed by atoms with E-state index in [1.165, 1.54) is 12.1 Å². The van der Waals surface area contributed by atoms with Crippen LogP contribution in [0, 0.1) is 0 Å². The summed E-state index contributed by atoms with van der Waals surface area (Å²) in [5.41, 5.74) is -0.506. The number of nitrogens with zero attached hydrogens (tertiary/aromatic N) is 1. The Hall–Kier alpha value is -2.58. The van der Waals surface area contributed by atoms with Gasteiger partial charge >= 0.3 is 5.97 Å². The predicted octanol–water partition coefficient (Wildman–Crippen LogP) is 2.51. The number of nitrogens with two attached hydrogens (primary N) is 1. The highest BCUT2D eigenvalue weighted by atomic mass is 32.2. The highest BCUT2D eigenvalue weighted by molar-refractivity contribution is 7.89. The molecule has 0 atom stereocenters. The highest BCUT2D eigenvalue weighted by Gasteiger charge is 2.27. The number of carbonyl (C=O) groups is 1. The van der Waals surface area contributed by atoms with Crippen molar-refractivity contribution in [1.82, 2.24) is 0 Å². The lowest BCUT2D eigenvalue weighted by Gasteiger charge is -2.23. The van der Waals surface area contributed by atoms with Crippen molar-refractivity contribution in [2.24, 2.45) is 5.14 Å². The molecule has 0 aliphatic carbocycles. The number of methoxy groups -OCH3 is 1. The first-order chi connectivity index (χ1) is 13.9. The molecule has 1 aliphatic rings. The average Bonchev–Trinajstić information content (AvgIpc) is 2.89. The van der Waals surface area contributed by atoms with E-state index < -0.39 is 33.9 Å². The molecule has 0 spiro atoms. The largest absolute Gasteiger partial charge is 0.465 e. The number of anilines is 1. The molecule has 2 aromatic rings. The molecular weight excluding hydrogens is 356 g/mol. The Bertz CT molecular complexity index is 1060. The summed E-state index contributed by atoms with van der Waals surface area (Å²) in [5, 5.41) is 5.36. The molecule has 1 saturated heterocycles. The lowest BCUT2D eigenvalue weighted by atomic mass is 10.1. The molecule has 3 rings (SSSR count). The minimum Gasteiger partial charge on any atom is -0.465 e. The van der Waals surface area contributed by atoms with Gasteiger partial charge in [-0.2, -0.15) is 0 Å². The lowest BCUT2D eigenvalue weighted by Crippen LogP contribution is -2.22. The Morgan fingerprint density at radius 1 is 1.19 bits per heavy atom. The van der Waals surface area contributed by atoms with Gasteiger partial charge in [0.15, 0.2) is 5.75 Å². The summed E-state index contributed by atoms with van der Waals surface area (Å²) in [6.07, 6.45) is -0.310. The number of benzene rings is 2. The van der Waals surface area contributed by atoms with E-state index >= 15 is 0 Å². The third-order valence-corrected chi connectivity index (χ3v) is 4.55. The maximum absolute atomic E-state index is 12.3. The van der Waals surface area contributed by atoms with Crippen molar-refractivity contribution in [3.05, 3.63) is 48.0 Å². The summed E-state index contributed by atoms with van der Waals surface area (Å²) in [6.45, 7) is -4.36. The molecule has 0 bridgehead atoms. The fraction of sp³-hybridized carbons (Fsp3) is 0.278. The van der Waals surface area contributed by atoms with Gasteiger partial charge in [0, 0.05) is 18.5 Å². The maximum atomic E-state index is 12.3. The number of sulfonamides is 1. The summed E-state index contributed by atoms with van der Waals surface area (Å²) < 4.78 is 68.1. The van der Waals surface area contributed by atoms with Gasteiger partial charge in [0.05, 0.1) is 18.4 Å². The zero-order valence-corrected chi connectivity index (χ0v) is 14.7. The molecule has 7 nitrogen and oxygen atoms in total. The topological polar surface area (TPSA) is 98.9 Å². The number of para-hydroxylation sites is 1. The standard InChI is InChI=1S/C18H20N2O5S/c1-24-18(21)13-11-15(20-9-5-6-10-20)17(16(12-13)26(19,22)23)25-14-7-3-2-4-8-14/h2-4,7-8,11-12H,5-6,9-10H2,1H3,(H2,19,22,23)/i9D2,10D2. The van der Waals surface area contributed by atoms with E-state index in [4.69, 9.17) is 15.4 Å². The van der Waals surface area contributed by atoms with E-state index in [-0.39, 0.29) is 35.6 Å².